The number of anilines is 1. The predicted octanol–water partition coefficient (Wildman–Crippen LogP) is 2.73. The number of hydrogen-bond donors (Lipinski definition) is 1. The lowest BCUT2D eigenvalue weighted by Gasteiger charge is -2.09. The summed E-state index contributed by atoms with van der Waals surface area (Å²) in [6.07, 6.45) is 4.15. The number of amides is 1. The maximum absolute atomic E-state index is 11.9. The molecule has 0 radical (unpaired) electrons. The van der Waals surface area contributed by atoms with E-state index in [1.165, 1.54) is 28.0 Å². The summed E-state index contributed by atoms with van der Waals surface area (Å²) in [6.45, 7) is 2.09. The number of carbonyl (C=O) groups excluding carboxylic acids is 2. The van der Waals surface area contributed by atoms with E-state index < -0.39 is 0 Å². The van der Waals surface area contributed by atoms with Gasteiger partial charge >= 0.3 is 5.97 Å². The minimum atomic E-state index is -0.315. The Hall–Kier alpha value is -1.52. The van der Waals surface area contributed by atoms with Crippen LogP contribution in [0.2, 0.25) is 0 Å². The second-order valence-corrected chi connectivity index (χ2v) is 6.96. The fraction of sp³-hybridized carbons (Fsp3) is 0.533. The predicted molar refractivity (Wildman–Crippen MR) is 88.3 cm³/mol. The number of nitrogens with zero attached hydrogens (tertiary/aromatic N) is 1. The number of carbonyl (C=O) groups is 2. The van der Waals surface area contributed by atoms with Gasteiger partial charge in [0, 0.05) is 4.88 Å². The van der Waals surface area contributed by atoms with Crippen molar-refractivity contribution in [3.05, 3.63) is 16.0 Å². The molecule has 1 aromatic rings. The number of hydrogen-bond acceptors (Lipinski definition) is 6. The van der Waals surface area contributed by atoms with Crippen molar-refractivity contribution in [3.8, 4) is 6.07 Å². The number of thioether (sulfide) groups is 1. The van der Waals surface area contributed by atoms with E-state index in [9.17, 15) is 14.9 Å². The fourth-order valence-electron chi connectivity index (χ4n) is 2.36. The minimum absolute atomic E-state index is 0.160. The van der Waals surface area contributed by atoms with Crippen LogP contribution in [0.4, 0.5) is 5.00 Å². The van der Waals surface area contributed by atoms with Crippen LogP contribution in [0.5, 0.6) is 0 Å². The van der Waals surface area contributed by atoms with Crippen LogP contribution < -0.4 is 5.32 Å². The van der Waals surface area contributed by atoms with E-state index in [2.05, 4.69) is 11.4 Å². The number of nitrogens with one attached hydrogen (secondary N) is 1. The van der Waals surface area contributed by atoms with Gasteiger partial charge in [0.1, 0.15) is 11.1 Å². The second kappa shape index (κ2) is 8.20. The molecule has 0 fully saturated rings. The largest absolute Gasteiger partial charge is 0.465 e. The molecule has 1 aliphatic rings. The van der Waals surface area contributed by atoms with Crippen LogP contribution in [0.1, 0.15) is 35.8 Å². The summed E-state index contributed by atoms with van der Waals surface area (Å²) in [6, 6.07) is 2.21. The Morgan fingerprint density at radius 3 is 2.86 bits per heavy atom. The molecule has 22 heavy (non-hydrogen) atoms. The summed E-state index contributed by atoms with van der Waals surface area (Å²) in [5.74, 6) is -0.173. The topological polar surface area (TPSA) is 79.2 Å². The van der Waals surface area contributed by atoms with E-state index in [4.69, 9.17) is 4.74 Å². The highest BCUT2D eigenvalue weighted by Gasteiger charge is 2.21. The number of esters is 1. The van der Waals surface area contributed by atoms with Gasteiger partial charge in [-0.1, -0.05) is 0 Å². The molecule has 0 spiro atoms. The first-order valence-electron chi connectivity index (χ1n) is 7.23. The fourth-order valence-corrected chi connectivity index (χ4v) is 4.23. The number of nitriles is 1. The molecule has 0 bridgehead atoms. The van der Waals surface area contributed by atoms with Gasteiger partial charge in [0.05, 0.1) is 23.7 Å². The van der Waals surface area contributed by atoms with Gasteiger partial charge in [0.15, 0.2) is 0 Å². The van der Waals surface area contributed by atoms with Crippen LogP contribution in [-0.4, -0.2) is 30.0 Å². The van der Waals surface area contributed by atoms with Crippen LogP contribution in [0.25, 0.3) is 0 Å². The summed E-state index contributed by atoms with van der Waals surface area (Å²) in [5.41, 5.74) is 1.72. The van der Waals surface area contributed by atoms with Gasteiger partial charge in [-0.05, 0) is 38.2 Å². The van der Waals surface area contributed by atoms with Gasteiger partial charge in [-0.3, -0.25) is 9.59 Å². The Kier molecular flexibility index (Phi) is 6.28. The molecular weight excluding hydrogens is 320 g/mol. The maximum Gasteiger partial charge on any atom is 0.315 e. The van der Waals surface area contributed by atoms with Crippen LogP contribution in [-0.2, 0) is 27.2 Å². The number of thiophene rings is 1. The highest BCUT2D eigenvalue weighted by Crippen LogP contribution is 2.37. The molecule has 1 amide bonds. The summed E-state index contributed by atoms with van der Waals surface area (Å²) >= 11 is 2.72. The maximum atomic E-state index is 11.9. The third-order valence-electron chi connectivity index (χ3n) is 3.29. The second-order valence-electron chi connectivity index (χ2n) is 4.87. The zero-order valence-electron chi connectivity index (χ0n) is 12.4. The molecule has 118 valence electrons. The molecule has 0 unspecified atom stereocenters. The third kappa shape index (κ3) is 4.24. The lowest BCUT2D eigenvalue weighted by molar-refractivity contribution is -0.139. The molecule has 5 nitrogen and oxygen atoms in total. The quantitative estimate of drug-likeness (QED) is 0.807. The Morgan fingerprint density at radius 2 is 2.14 bits per heavy atom. The number of aryl methyl sites for hydroxylation is 1. The van der Waals surface area contributed by atoms with E-state index in [1.54, 1.807) is 6.92 Å². The molecule has 0 aliphatic heterocycles. The highest BCUT2D eigenvalue weighted by atomic mass is 32.2. The summed E-state index contributed by atoms with van der Waals surface area (Å²) in [7, 11) is 0. The Bertz CT molecular complexity index is 605. The van der Waals surface area contributed by atoms with Gasteiger partial charge in [0.25, 0.3) is 0 Å². The SMILES string of the molecule is CCOC(=O)CSCC(=O)Nc1sc2c(c1C#N)CCCC2. The molecule has 1 N–H and O–H groups in total. The molecule has 0 aromatic carbocycles. The van der Waals surface area contributed by atoms with Crippen LogP contribution in [0.3, 0.4) is 0 Å². The number of rotatable bonds is 6. The van der Waals surface area contributed by atoms with Crippen molar-refractivity contribution >= 4 is 40.0 Å². The molecule has 1 aromatic heterocycles. The average Bonchev–Trinajstić information content (AvgIpc) is 2.84. The Balaban J connectivity index is 1.91. The first-order valence-corrected chi connectivity index (χ1v) is 9.20. The van der Waals surface area contributed by atoms with Crippen molar-refractivity contribution in [2.75, 3.05) is 23.4 Å². The van der Waals surface area contributed by atoms with E-state index in [1.807, 2.05) is 0 Å². The van der Waals surface area contributed by atoms with Crippen molar-refractivity contribution < 1.29 is 14.3 Å². The average molecular weight is 338 g/mol. The monoisotopic (exact) mass is 338 g/mol. The van der Waals surface area contributed by atoms with Crippen LogP contribution >= 0.6 is 23.1 Å². The smallest absolute Gasteiger partial charge is 0.315 e. The molecule has 0 saturated carbocycles. The normalized spacial score (nSPS) is 13.1. The zero-order valence-corrected chi connectivity index (χ0v) is 14.1. The molecule has 0 saturated heterocycles. The van der Waals surface area contributed by atoms with E-state index >= 15 is 0 Å². The van der Waals surface area contributed by atoms with Crippen molar-refractivity contribution in [3.63, 3.8) is 0 Å². The molecular formula is C15H18N2O3S2. The lowest BCUT2D eigenvalue weighted by atomic mass is 9.96. The third-order valence-corrected chi connectivity index (χ3v) is 5.41. The lowest BCUT2D eigenvalue weighted by Crippen LogP contribution is -2.16. The van der Waals surface area contributed by atoms with Crippen LogP contribution in [0, 0.1) is 11.3 Å². The summed E-state index contributed by atoms with van der Waals surface area (Å²) < 4.78 is 4.80. The number of fused-ring (bicyclic) bond motifs is 1. The van der Waals surface area contributed by atoms with E-state index in [0.717, 1.165) is 31.2 Å². The Morgan fingerprint density at radius 1 is 1.36 bits per heavy atom. The Labute approximate surface area is 138 Å². The highest BCUT2D eigenvalue weighted by molar-refractivity contribution is 8.00. The standard InChI is InChI=1S/C15H18N2O3S2/c1-2-20-14(19)9-21-8-13(18)17-15-11(7-16)10-5-3-4-6-12(10)22-15/h2-6,8-9H2,1H3,(H,17,18). The first kappa shape index (κ1) is 16.8. The van der Waals surface area contributed by atoms with Crippen molar-refractivity contribution in [1.82, 2.24) is 0 Å². The zero-order chi connectivity index (χ0) is 15.9. The van der Waals surface area contributed by atoms with Crippen molar-refractivity contribution in [2.45, 2.75) is 32.6 Å². The van der Waals surface area contributed by atoms with Gasteiger partial charge in [-0.25, -0.2) is 0 Å². The molecule has 7 heteroatoms. The van der Waals surface area contributed by atoms with Crippen molar-refractivity contribution in [1.29, 1.82) is 5.26 Å². The van der Waals surface area contributed by atoms with E-state index in [0.29, 0.717) is 17.2 Å². The minimum Gasteiger partial charge on any atom is -0.465 e. The van der Waals surface area contributed by atoms with Gasteiger partial charge < -0.3 is 10.1 Å². The van der Waals surface area contributed by atoms with Gasteiger partial charge in [0.2, 0.25) is 5.91 Å². The van der Waals surface area contributed by atoms with Gasteiger partial charge in [-0.2, -0.15) is 5.26 Å². The van der Waals surface area contributed by atoms with Crippen molar-refractivity contribution in [2.24, 2.45) is 0 Å². The summed E-state index contributed by atoms with van der Waals surface area (Å²) in [5, 5.41) is 12.8. The molecule has 1 aliphatic carbocycles. The first-order chi connectivity index (χ1) is 10.7. The molecule has 2 rings (SSSR count). The van der Waals surface area contributed by atoms with Gasteiger partial charge in [-0.15, -0.1) is 23.1 Å². The molecule has 1 heterocycles. The van der Waals surface area contributed by atoms with Crippen LogP contribution in [0.15, 0.2) is 0 Å². The number of ether oxygens (including phenoxy) is 1. The molecule has 0 atom stereocenters. The van der Waals surface area contributed by atoms with E-state index in [-0.39, 0.29) is 23.4 Å². The summed E-state index contributed by atoms with van der Waals surface area (Å²) in [4.78, 5) is 24.4.